The van der Waals surface area contributed by atoms with Crippen LogP contribution < -0.4 is 5.73 Å². The predicted molar refractivity (Wildman–Crippen MR) is 65.4 cm³/mol. The first kappa shape index (κ1) is 13.4. The summed E-state index contributed by atoms with van der Waals surface area (Å²) in [5, 5.41) is 8.07. The monoisotopic (exact) mass is 281 g/mol. The van der Waals surface area contributed by atoms with Gasteiger partial charge >= 0.3 is 0 Å². The van der Waals surface area contributed by atoms with Crippen molar-refractivity contribution < 1.29 is 13.6 Å². The maximum absolute atomic E-state index is 13.4. The van der Waals surface area contributed by atoms with Gasteiger partial charge in [-0.25, -0.2) is 8.78 Å². The highest BCUT2D eigenvalue weighted by atomic mass is 32.2. The van der Waals surface area contributed by atoms with Gasteiger partial charge in [0.2, 0.25) is 5.91 Å². The van der Waals surface area contributed by atoms with E-state index in [0.717, 1.165) is 17.8 Å². The minimum Gasteiger partial charge on any atom is -0.369 e. The molecular formula is C12H9F2N3OS. The molecule has 0 aliphatic rings. The van der Waals surface area contributed by atoms with Crippen LogP contribution >= 0.6 is 11.8 Å². The maximum atomic E-state index is 13.4. The van der Waals surface area contributed by atoms with Gasteiger partial charge in [0.15, 0.2) is 0 Å². The number of hydrogen-bond acceptors (Lipinski definition) is 4. The molecule has 0 unspecified atom stereocenters. The molecule has 19 heavy (non-hydrogen) atoms. The van der Waals surface area contributed by atoms with Crippen LogP contribution in [-0.2, 0) is 11.2 Å². The lowest BCUT2D eigenvalue weighted by Crippen LogP contribution is -2.14. The third kappa shape index (κ3) is 3.72. The topological polar surface area (TPSA) is 68.9 Å². The second kappa shape index (κ2) is 5.75. The Morgan fingerprint density at radius 3 is 2.58 bits per heavy atom. The van der Waals surface area contributed by atoms with Crippen LogP contribution in [0.15, 0.2) is 40.3 Å². The van der Waals surface area contributed by atoms with Crippen molar-refractivity contribution in [3.8, 4) is 0 Å². The minimum absolute atomic E-state index is 0.00283. The van der Waals surface area contributed by atoms with Crippen LogP contribution in [0.3, 0.4) is 0 Å². The molecule has 0 saturated carbocycles. The first-order valence-electron chi connectivity index (χ1n) is 5.28. The van der Waals surface area contributed by atoms with Gasteiger partial charge in [-0.05, 0) is 24.3 Å². The Morgan fingerprint density at radius 1 is 1.21 bits per heavy atom. The smallest absolute Gasteiger partial charge is 0.223 e. The zero-order valence-corrected chi connectivity index (χ0v) is 10.5. The quantitative estimate of drug-likeness (QED) is 0.929. The standard InChI is InChI=1S/C12H9F2N3OS/c13-7-1-3-10(9(14)5-7)19-12-4-2-8(16-17-12)6-11(15)18/h1-5H,6H2,(H2,15,18). The summed E-state index contributed by atoms with van der Waals surface area (Å²) >= 11 is 1.02. The molecule has 0 spiro atoms. The Balaban J connectivity index is 2.13. The third-order valence-corrected chi connectivity index (χ3v) is 3.14. The molecule has 0 saturated heterocycles. The number of carbonyl (C=O) groups excluding carboxylic acids is 1. The number of primary amides is 1. The van der Waals surface area contributed by atoms with Crippen LogP contribution in [0.5, 0.6) is 0 Å². The van der Waals surface area contributed by atoms with Crippen LogP contribution in [-0.4, -0.2) is 16.1 Å². The van der Waals surface area contributed by atoms with E-state index in [2.05, 4.69) is 10.2 Å². The number of nitrogens with two attached hydrogens (primary N) is 1. The maximum Gasteiger partial charge on any atom is 0.223 e. The van der Waals surface area contributed by atoms with Gasteiger partial charge in [-0.2, -0.15) is 5.10 Å². The Morgan fingerprint density at radius 2 is 2.00 bits per heavy atom. The highest BCUT2D eigenvalue weighted by Gasteiger charge is 2.08. The summed E-state index contributed by atoms with van der Waals surface area (Å²) in [6.45, 7) is 0. The molecule has 0 radical (unpaired) electrons. The highest BCUT2D eigenvalue weighted by Crippen LogP contribution is 2.28. The van der Waals surface area contributed by atoms with Crippen molar-refractivity contribution in [2.75, 3.05) is 0 Å². The van der Waals surface area contributed by atoms with Crippen molar-refractivity contribution in [1.29, 1.82) is 0 Å². The first-order valence-corrected chi connectivity index (χ1v) is 6.10. The molecule has 7 heteroatoms. The molecule has 1 heterocycles. The molecule has 0 aliphatic heterocycles. The van der Waals surface area contributed by atoms with Gasteiger partial charge in [0.05, 0.1) is 12.1 Å². The van der Waals surface area contributed by atoms with E-state index < -0.39 is 17.5 Å². The van der Waals surface area contributed by atoms with E-state index in [1.54, 1.807) is 12.1 Å². The number of nitrogens with zero attached hydrogens (tertiary/aromatic N) is 2. The van der Waals surface area contributed by atoms with Crippen LogP contribution in [0.1, 0.15) is 5.69 Å². The summed E-state index contributed by atoms with van der Waals surface area (Å²) in [6, 6.07) is 6.48. The molecule has 1 amide bonds. The number of aromatic nitrogens is 2. The van der Waals surface area contributed by atoms with E-state index in [1.165, 1.54) is 12.1 Å². The summed E-state index contributed by atoms with van der Waals surface area (Å²) in [5.74, 6) is -1.79. The lowest BCUT2D eigenvalue weighted by atomic mass is 10.3. The Hall–Kier alpha value is -2.02. The van der Waals surface area contributed by atoms with Gasteiger partial charge in [0.1, 0.15) is 16.7 Å². The first-order chi connectivity index (χ1) is 9.04. The van der Waals surface area contributed by atoms with Gasteiger partial charge < -0.3 is 5.73 Å². The number of carbonyl (C=O) groups is 1. The molecule has 0 bridgehead atoms. The lowest BCUT2D eigenvalue weighted by molar-refractivity contribution is -0.117. The van der Waals surface area contributed by atoms with Crippen molar-refractivity contribution in [2.24, 2.45) is 5.73 Å². The Bertz CT molecular complexity index is 604. The molecular weight excluding hydrogens is 272 g/mol. The van der Waals surface area contributed by atoms with Gasteiger partial charge in [-0.3, -0.25) is 4.79 Å². The number of hydrogen-bond donors (Lipinski definition) is 1. The lowest BCUT2D eigenvalue weighted by Gasteiger charge is -2.02. The fourth-order valence-corrected chi connectivity index (χ4v) is 2.08. The number of amides is 1. The van der Waals surface area contributed by atoms with E-state index in [0.29, 0.717) is 10.7 Å². The van der Waals surface area contributed by atoms with E-state index >= 15 is 0 Å². The zero-order chi connectivity index (χ0) is 13.8. The molecule has 98 valence electrons. The summed E-state index contributed by atoms with van der Waals surface area (Å²) in [5.41, 5.74) is 5.46. The summed E-state index contributed by atoms with van der Waals surface area (Å²) < 4.78 is 26.2. The van der Waals surface area contributed by atoms with Gasteiger partial charge in [0, 0.05) is 11.0 Å². The summed E-state index contributed by atoms with van der Waals surface area (Å²) in [4.78, 5) is 10.9. The molecule has 1 aromatic heterocycles. The van der Waals surface area contributed by atoms with E-state index in [9.17, 15) is 13.6 Å². The largest absolute Gasteiger partial charge is 0.369 e. The van der Waals surface area contributed by atoms with E-state index in [4.69, 9.17) is 5.73 Å². The number of benzene rings is 1. The van der Waals surface area contributed by atoms with Crippen molar-refractivity contribution >= 4 is 17.7 Å². The molecule has 4 nitrogen and oxygen atoms in total. The van der Waals surface area contributed by atoms with Crippen LogP contribution in [0.25, 0.3) is 0 Å². The number of halogens is 2. The van der Waals surface area contributed by atoms with Crippen LogP contribution in [0, 0.1) is 11.6 Å². The van der Waals surface area contributed by atoms with E-state index in [1.807, 2.05) is 0 Å². The van der Waals surface area contributed by atoms with Crippen LogP contribution in [0.4, 0.5) is 8.78 Å². The Kier molecular flexibility index (Phi) is 4.06. The zero-order valence-electron chi connectivity index (χ0n) is 9.64. The van der Waals surface area contributed by atoms with Crippen molar-refractivity contribution in [2.45, 2.75) is 16.3 Å². The average molecular weight is 281 g/mol. The van der Waals surface area contributed by atoms with E-state index in [-0.39, 0.29) is 11.3 Å². The second-order valence-corrected chi connectivity index (χ2v) is 4.75. The molecule has 1 aromatic carbocycles. The summed E-state index contributed by atoms with van der Waals surface area (Å²) in [7, 11) is 0. The van der Waals surface area contributed by atoms with Crippen molar-refractivity contribution in [3.05, 3.63) is 47.7 Å². The van der Waals surface area contributed by atoms with Crippen molar-refractivity contribution in [3.63, 3.8) is 0 Å². The van der Waals surface area contributed by atoms with Gasteiger partial charge in [-0.1, -0.05) is 11.8 Å². The normalized spacial score (nSPS) is 10.4. The van der Waals surface area contributed by atoms with Gasteiger partial charge in [0.25, 0.3) is 0 Å². The third-order valence-electron chi connectivity index (χ3n) is 2.16. The molecule has 0 fully saturated rings. The molecule has 0 atom stereocenters. The SMILES string of the molecule is NC(=O)Cc1ccc(Sc2ccc(F)cc2F)nn1. The fourth-order valence-electron chi connectivity index (χ4n) is 1.35. The van der Waals surface area contributed by atoms with Crippen LogP contribution in [0.2, 0.25) is 0 Å². The molecule has 2 N–H and O–H groups in total. The second-order valence-electron chi connectivity index (χ2n) is 3.68. The molecule has 0 aliphatic carbocycles. The van der Waals surface area contributed by atoms with Gasteiger partial charge in [-0.15, -0.1) is 5.10 Å². The molecule has 2 rings (SSSR count). The Labute approximate surface area is 112 Å². The predicted octanol–water partition coefficient (Wildman–Crippen LogP) is 1.93. The highest BCUT2D eigenvalue weighted by molar-refractivity contribution is 7.99. The number of rotatable bonds is 4. The average Bonchev–Trinajstić information content (AvgIpc) is 2.34. The summed E-state index contributed by atoms with van der Waals surface area (Å²) in [6.07, 6.45) is 0.00283. The van der Waals surface area contributed by atoms with Crippen molar-refractivity contribution in [1.82, 2.24) is 10.2 Å². The fraction of sp³-hybridized carbons (Fsp3) is 0.0833. The minimum atomic E-state index is -0.659. The molecule has 2 aromatic rings.